The first-order valence-corrected chi connectivity index (χ1v) is 12.7. The van der Waals surface area contributed by atoms with Crippen molar-refractivity contribution >= 4 is 50.1 Å². The highest BCUT2D eigenvalue weighted by molar-refractivity contribution is 7.99. The number of nitrogens with zero attached hydrogens (tertiary/aromatic N) is 4. The first-order chi connectivity index (χ1) is 16.4. The molecule has 1 N–H and O–H groups in total. The molecule has 0 bridgehead atoms. The number of carbonyl (C=O) groups is 1. The van der Waals surface area contributed by atoms with E-state index in [1.165, 1.54) is 17.7 Å². The third kappa shape index (κ3) is 4.91. The molecule has 4 aromatic rings. The van der Waals surface area contributed by atoms with Crippen LogP contribution in [-0.4, -0.2) is 44.1 Å². The van der Waals surface area contributed by atoms with E-state index < -0.39 is 5.91 Å². The zero-order valence-corrected chi connectivity index (χ0v) is 20.8. The van der Waals surface area contributed by atoms with Gasteiger partial charge in [0.15, 0.2) is 5.16 Å². The maximum atomic E-state index is 13.1. The van der Waals surface area contributed by atoms with E-state index in [2.05, 4.69) is 15.4 Å². The lowest BCUT2D eigenvalue weighted by atomic mass is 10.2. The number of aromatic nitrogens is 4. The Kier molecular flexibility index (Phi) is 7.44. The molecule has 0 fully saturated rings. The van der Waals surface area contributed by atoms with Gasteiger partial charge in [0, 0.05) is 24.6 Å². The van der Waals surface area contributed by atoms with Gasteiger partial charge >= 0.3 is 0 Å². The number of thioether (sulfide) groups is 1. The Labute approximate surface area is 203 Å². The average molecular weight is 500 g/mol. The summed E-state index contributed by atoms with van der Waals surface area (Å²) in [6.07, 6.45) is 1.97. The summed E-state index contributed by atoms with van der Waals surface area (Å²) < 4.78 is 8.08. The Morgan fingerprint density at radius 2 is 2.00 bits per heavy atom. The topological polar surface area (TPSA) is 108 Å². The molecule has 0 aliphatic heterocycles. The van der Waals surface area contributed by atoms with Gasteiger partial charge in [-0.1, -0.05) is 23.9 Å². The molecule has 0 atom stereocenters. The Balaban J connectivity index is 1.54. The molecule has 1 amide bonds. The van der Waals surface area contributed by atoms with Gasteiger partial charge < -0.3 is 4.74 Å². The molecule has 34 heavy (non-hydrogen) atoms. The minimum absolute atomic E-state index is 0.0254. The standard InChI is InChI=1S/C23H25N5O4S2/c1-4-32-11-7-10-27-21(30)16-8-5-6-9-17(16)25-23(27)33-12-18(29)26-28-13-24-20-19(22(28)31)14(2)15(3)34-20/h5-6,8-9,13H,4,7,10-12H2,1-3H3,(H,26,29). The van der Waals surface area contributed by atoms with Crippen LogP contribution in [-0.2, 0) is 16.1 Å². The molecule has 0 spiro atoms. The molecule has 9 nitrogen and oxygen atoms in total. The molecule has 0 unspecified atom stereocenters. The third-order valence-electron chi connectivity index (χ3n) is 5.37. The summed E-state index contributed by atoms with van der Waals surface area (Å²) in [5, 5.41) is 1.48. The van der Waals surface area contributed by atoms with Crippen LogP contribution in [0.2, 0.25) is 0 Å². The van der Waals surface area contributed by atoms with Crippen molar-refractivity contribution in [3.05, 3.63) is 61.7 Å². The van der Waals surface area contributed by atoms with Gasteiger partial charge in [-0.3, -0.25) is 24.4 Å². The van der Waals surface area contributed by atoms with Crippen LogP contribution < -0.4 is 16.5 Å². The van der Waals surface area contributed by atoms with E-state index in [9.17, 15) is 14.4 Å². The molecule has 0 saturated carbocycles. The van der Waals surface area contributed by atoms with Crippen LogP contribution in [0, 0.1) is 13.8 Å². The summed E-state index contributed by atoms with van der Waals surface area (Å²) in [6.45, 7) is 7.29. The number of fused-ring (bicyclic) bond motifs is 2. The molecule has 1 aromatic carbocycles. The van der Waals surface area contributed by atoms with Crippen molar-refractivity contribution in [2.24, 2.45) is 0 Å². The quantitative estimate of drug-likeness (QED) is 0.214. The average Bonchev–Trinajstić information content (AvgIpc) is 3.12. The van der Waals surface area contributed by atoms with Crippen LogP contribution in [0.15, 0.2) is 45.3 Å². The fourth-order valence-corrected chi connectivity index (χ4v) is 5.34. The number of carbonyl (C=O) groups excluding carboxylic acids is 1. The third-order valence-corrected chi connectivity index (χ3v) is 7.46. The van der Waals surface area contributed by atoms with Gasteiger partial charge in [-0.05, 0) is 44.9 Å². The van der Waals surface area contributed by atoms with Gasteiger partial charge in [0.2, 0.25) is 5.91 Å². The second kappa shape index (κ2) is 10.5. The van der Waals surface area contributed by atoms with E-state index in [4.69, 9.17) is 4.74 Å². The zero-order chi connectivity index (χ0) is 24.2. The SMILES string of the molecule is CCOCCCn1c(SCC(=O)Nn2cnc3sc(C)c(C)c3c2=O)nc2ccccc2c1=O. The van der Waals surface area contributed by atoms with E-state index in [0.29, 0.717) is 52.5 Å². The molecule has 3 heterocycles. The van der Waals surface area contributed by atoms with Crippen LogP contribution >= 0.6 is 23.1 Å². The molecule has 178 valence electrons. The number of ether oxygens (including phenoxy) is 1. The van der Waals surface area contributed by atoms with Gasteiger partial charge in [0.25, 0.3) is 11.1 Å². The molecule has 0 saturated heterocycles. The van der Waals surface area contributed by atoms with Crippen LogP contribution in [0.4, 0.5) is 0 Å². The zero-order valence-electron chi connectivity index (χ0n) is 19.2. The number of nitrogens with one attached hydrogen (secondary N) is 1. The minimum atomic E-state index is -0.402. The fraction of sp³-hybridized carbons (Fsp3) is 0.348. The molecular formula is C23H25N5O4S2. The van der Waals surface area contributed by atoms with E-state index in [1.54, 1.807) is 22.8 Å². The molecule has 11 heteroatoms. The fourth-order valence-electron chi connectivity index (χ4n) is 3.54. The predicted molar refractivity (Wildman–Crippen MR) is 136 cm³/mol. The lowest BCUT2D eigenvalue weighted by Crippen LogP contribution is -2.34. The number of rotatable bonds is 9. The van der Waals surface area contributed by atoms with E-state index in [1.807, 2.05) is 26.8 Å². The number of benzene rings is 1. The molecule has 0 aliphatic rings. The van der Waals surface area contributed by atoms with Crippen LogP contribution in [0.3, 0.4) is 0 Å². The number of hydrogen-bond acceptors (Lipinski definition) is 8. The maximum Gasteiger partial charge on any atom is 0.281 e. The summed E-state index contributed by atoms with van der Waals surface area (Å²) in [5.74, 6) is -0.427. The first-order valence-electron chi connectivity index (χ1n) is 10.9. The van der Waals surface area contributed by atoms with Crippen LogP contribution in [0.1, 0.15) is 23.8 Å². The van der Waals surface area contributed by atoms with Crippen molar-refractivity contribution in [1.82, 2.24) is 19.2 Å². The lowest BCUT2D eigenvalue weighted by molar-refractivity contribution is -0.114. The van der Waals surface area contributed by atoms with Gasteiger partial charge in [0.05, 0.1) is 22.0 Å². The highest BCUT2D eigenvalue weighted by atomic mass is 32.2. The second-order valence-corrected chi connectivity index (χ2v) is 9.77. The smallest absolute Gasteiger partial charge is 0.281 e. The maximum absolute atomic E-state index is 13.1. The Morgan fingerprint density at radius 1 is 1.21 bits per heavy atom. The van der Waals surface area contributed by atoms with Crippen molar-refractivity contribution in [2.75, 3.05) is 24.4 Å². The Bertz CT molecular complexity index is 1470. The number of aryl methyl sites for hydroxylation is 2. The largest absolute Gasteiger partial charge is 0.382 e. The summed E-state index contributed by atoms with van der Waals surface area (Å²) >= 11 is 2.60. The molecule has 0 radical (unpaired) electrons. The van der Waals surface area contributed by atoms with Gasteiger partial charge in [0.1, 0.15) is 11.2 Å². The van der Waals surface area contributed by atoms with Crippen molar-refractivity contribution in [3.8, 4) is 0 Å². The van der Waals surface area contributed by atoms with Crippen molar-refractivity contribution in [3.63, 3.8) is 0 Å². The molecular weight excluding hydrogens is 474 g/mol. The Morgan fingerprint density at radius 3 is 2.79 bits per heavy atom. The van der Waals surface area contributed by atoms with Crippen molar-refractivity contribution < 1.29 is 9.53 Å². The van der Waals surface area contributed by atoms with Crippen LogP contribution in [0.5, 0.6) is 0 Å². The number of para-hydroxylation sites is 1. The highest BCUT2D eigenvalue weighted by Gasteiger charge is 2.16. The van der Waals surface area contributed by atoms with E-state index in [0.717, 1.165) is 26.9 Å². The normalized spacial score (nSPS) is 11.4. The molecule has 4 rings (SSSR count). The van der Waals surface area contributed by atoms with Crippen LogP contribution in [0.25, 0.3) is 21.1 Å². The lowest BCUT2D eigenvalue weighted by Gasteiger charge is -2.13. The van der Waals surface area contributed by atoms with Gasteiger partial charge in [-0.15, -0.1) is 11.3 Å². The second-order valence-electron chi connectivity index (χ2n) is 7.63. The molecule has 0 aliphatic carbocycles. The van der Waals surface area contributed by atoms with Crippen molar-refractivity contribution in [2.45, 2.75) is 38.9 Å². The molecule has 3 aromatic heterocycles. The number of hydrogen-bond donors (Lipinski definition) is 1. The predicted octanol–water partition coefficient (Wildman–Crippen LogP) is 3.07. The summed E-state index contributed by atoms with van der Waals surface area (Å²) in [4.78, 5) is 49.1. The highest BCUT2D eigenvalue weighted by Crippen LogP contribution is 2.25. The number of thiophene rings is 1. The Hall–Kier alpha value is -3.02. The van der Waals surface area contributed by atoms with E-state index in [-0.39, 0.29) is 16.9 Å². The first kappa shape index (κ1) is 24.1. The van der Waals surface area contributed by atoms with E-state index >= 15 is 0 Å². The minimum Gasteiger partial charge on any atom is -0.382 e. The van der Waals surface area contributed by atoms with Gasteiger partial charge in [-0.2, -0.15) is 0 Å². The van der Waals surface area contributed by atoms with Crippen molar-refractivity contribution in [1.29, 1.82) is 0 Å². The monoisotopic (exact) mass is 499 g/mol. The summed E-state index contributed by atoms with van der Waals surface area (Å²) in [7, 11) is 0. The summed E-state index contributed by atoms with van der Waals surface area (Å²) in [6, 6.07) is 7.14. The summed E-state index contributed by atoms with van der Waals surface area (Å²) in [5.41, 5.74) is 3.56. The number of amides is 1. The van der Waals surface area contributed by atoms with Gasteiger partial charge in [-0.25, -0.2) is 14.6 Å².